The van der Waals surface area contributed by atoms with Gasteiger partial charge in [-0.25, -0.2) is 0 Å². The largest absolute Gasteiger partial charge is 0.356 e. The van der Waals surface area contributed by atoms with Crippen molar-refractivity contribution >= 4 is 32.8 Å². The summed E-state index contributed by atoms with van der Waals surface area (Å²) in [6.45, 7) is 4.06. The molecule has 1 atom stereocenters. The number of fused-ring (bicyclic) bond motifs is 1. The molecule has 19 heavy (non-hydrogen) atoms. The van der Waals surface area contributed by atoms with Crippen LogP contribution in [0.4, 0.5) is 0 Å². The van der Waals surface area contributed by atoms with Gasteiger partial charge < -0.3 is 9.84 Å². The van der Waals surface area contributed by atoms with Crippen LogP contribution in [0, 0.1) is 0 Å². The molecule has 0 bridgehead atoms. The van der Waals surface area contributed by atoms with E-state index in [1.54, 1.807) is 0 Å². The van der Waals surface area contributed by atoms with Crippen molar-refractivity contribution in [3.05, 3.63) is 30.0 Å². The molecule has 0 saturated heterocycles. The highest BCUT2D eigenvalue weighted by atomic mass is 79.9. The van der Waals surface area contributed by atoms with Gasteiger partial charge in [0.1, 0.15) is 5.69 Å². The highest BCUT2D eigenvalue weighted by Gasteiger charge is 2.23. The molecule has 0 saturated carbocycles. The van der Waals surface area contributed by atoms with Crippen molar-refractivity contribution in [3.63, 3.8) is 0 Å². The zero-order valence-electron chi connectivity index (χ0n) is 11.1. The molecule has 4 nitrogen and oxygen atoms in total. The molecule has 5 heteroatoms. The maximum absolute atomic E-state index is 12.1. The van der Waals surface area contributed by atoms with Gasteiger partial charge in [0, 0.05) is 16.3 Å². The van der Waals surface area contributed by atoms with E-state index in [4.69, 9.17) is 4.52 Å². The lowest BCUT2D eigenvalue weighted by atomic mass is 10.0. The number of halogens is 1. The first-order valence-corrected chi connectivity index (χ1v) is 7.40. The van der Waals surface area contributed by atoms with Crippen LogP contribution in [0.25, 0.3) is 11.0 Å². The molecule has 1 aromatic heterocycles. The summed E-state index contributed by atoms with van der Waals surface area (Å²) in [4.78, 5) is 12.1. The maximum Gasteiger partial charge on any atom is 0.226 e. The second-order valence-corrected chi connectivity index (χ2v) is 5.46. The summed E-state index contributed by atoms with van der Waals surface area (Å²) >= 11 is 3.43. The Kier molecular flexibility index (Phi) is 4.24. The third kappa shape index (κ3) is 3.15. The van der Waals surface area contributed by atoms with E-state index in [0.29, 0.717) is 11.3 Å². The first-order chi connectivity index (χ1) is 9.08. The normalized spacial score (nSPS) is 14.3. The van der Waals surface area contributed by atoms with Crippen molar-refractivity contribution in [2.24, 2.45) is 0 Å². The standard InChI is InChI=1S/C14H17BrN2O2/c1-3-14(2,9-15)16-13(18)8-11-10-6-4-5-7-12(10)19-17-11/h4-7H,3,8-9H2,1-2H3,(H,16,18). The molecular weight excluding hydrogens is 308 g/mol. The minimum atomic E-state index is -0.226. The second-order valence-electron chi connectivity index (χ2n) is 4.90. The topological polar surface area (TPSA) is 55.1 Å². The molecule has 0 aliphatic heterocycles. The van der Waals surface area contributed by atoms with Crippen molar-refractivity contribution < 1.29 is 9.32 Å². The summed E-state index contributed by atoms with van der Waals surface area (Å²) in [6, 6.07) is 7.56. The van der Waals surface area contributed by atoms with Crippen molar-refractivity contribution in [2.75, 3.05) is 5.33 Å². The number of carbonyl (C=O) groups is 1. The number of para-hydroxylation sites is 1. The second kappa shape index (κ2) is 5.74. The Morgan fingerprint density at radius 1 is 1.47 bits per heavy atom. The van der Waals surface area contributed by atoms with E-state index in [1.165, 1.54) is 0 Å². The number of nitrogens with one attached hydrogen (secondary N) is 1. The Bertz CT molecular complexity index is 576. The summed E-state index contributed by atoms with van der Waals surface area (Å²) in [5.74, 6) is -0.0390. The van der Waals surface area contributed by atoms with Crippen LogP contribution in [0.5, 0.6) is 0 Å². The lowest BCUT2D eigenvalue weighted by molar-refractivity contribution is -0.122. The monoisotopic (exact) mass is 324 g/mol. The third-order valence-corrected chi connectivity index (χ3v) is 4.53. The number of nitrogens with zero attached hydrogens (tertiary/aromatic N) is 1. The summed E-state index contributed by atoms with van der Waals surface area (Å²) in [7, 11) is 0. The van der Waals surface area contributed by atoms with Crippen LogP contribution in [-0.2, 0) is 11.2 Å². The van der Waals surface area contributed by atoms with Gasteiger partial charge in [-0.2, -0.15) is 0 Å². The molecule has 0 spiro atoms. The Labute approximate surface area is 120 Å². The van der Waals surface area contributed by atoms with Crippen molar-refractivity contribution in [2.45, 2.75) is 32.2 Å². The zero-order valence-corrected chi connectivity index (χ0v) is 12.7. The third-order valence-electron chi connectivity index (χ3n) is 3.30. The SMILES string of the molecule is CCC(C)(CBr)NC(=O)Cc1noc2ccccc12. The Morgan fingerprint density at radius 2 is 2.21 bits per heavy atom. The number of amides is 1. The van der Waals surface area contributed by atoms with Crippen LogP contribution >= 0.6 is 15.9 Å². The maximum atomic E-state index is 12.1. The number of hydrogen-bond donors (Lipinski definition) is 1. The number of carbonyl (C=O) groups excluding carboxylic acids is 1. The number of rotatable bonds is 5. The summed E-state index contributed by atoms with van der Waals surface area (Å²) in [5.41, 5.74) is 1.17. The van der Waals surface area contributed by atoms with Crippen LogP contribution in [-0.4, -0.2) is 21.9 Å². The minimum Gasteiger partial charge on any atom is -0.356 e. The fourth-order valence-corrected chi connectivity index (χ4v) is 2.35. The average Bonchev–Trinajstić information content (AvgIpc) is 2.82. The molecule has 2 aromatic rings. The van der Waals surface area contributed by atoms with Gasteiger partial charge in [-0.15, -0.1) is 0 Å². The summed E-state index contributed by atoms with van der Waals surface area (Å²) in [6.07, 6.45) is 1.10. The molecule has 0 fully saturated rings. The number of alkyl halides is 1. The van der Waals surface area contributed by atoms with Crippen LogP contribution in [0.15, 0.2) is 28.8 Å². The lowest BCUT2D eigenvalue weighted by Crippen LogP contribution is -2.47. The molecule has 0 aliphatic carbocycles. The Hall–Kier alpha value is -1.36. The lowest BCUT2D eigenvalue weighted by Gasteiger charge is -2.27. The molecule has 102 valence electrons. The highest BCUT2D eigenvalue weighted by molar-refractivity contribution is 9.09. The fourth-order valence-electron chi connectivity index (χ4n) is 1.81. The van der Waals surface area contributed by atoms with Crippen molar-refractivity contribution in [3.8, 4) is 0 Å². The Morgan fingerprint density at radius 3 is 2.89 bits per heavy atom. The predicted molar refractivity (Wildman–Crippen MR) is 78.3 cm³/mol. The van der Waals surface area contributed by atoms with E-state index in [2.05, 4.69) is 26.4 Å². The number of hydrogen-bond acceptors (Lipinski definition) is 3. The minimum absolute atomic E-state index is 0.0390. The van der Waals surface area contributed by atoms with Gasteiger partial charge in [0.25, 0.3) is 0 Å². The van der Waals surface area contributed by atoms with Gasteiger partial charge in [0.2, 0.25) is 5.91 Å². The van der Waals surface area contributed by atoms with Crippen molar-refractivity contribution in [1.29, 1.82) is 0 Å². The van der Waals surface area contributed by atoms with E-state index < -0.39 is 0 Å². The molecule has 0 radical (unpaired) electrons. The van der Waals surface area contributed by atoms with E-state index in [1.807, 2.05) is 38.1 Å². The molecule has 1 aromatic carbocycles. The highest BCUT2D eigenvalue weighted by Crippen LogP contribution is 2.19. The molecule has 1 amide bonds. The average molecular weight is 325 g/mol. The number of aromatic nitrogens is 1. The van der Waals surface area contributed by atoms with Gasteiger partial charge in [-0.1, -0.05) is 40.1 Å². The predicted octanol–water partition coefficient (Wildman–Crippen LogP) is 3.05. The van der Waals surface area contributed by atoms with E-state index in [9.17, 15) is 4.79 Å². The van der Waals surface area contributed by atoms with Crippen LogP contribution < -0.4 is 5.32 Å². The van der Waals surface area contributed by atoms with Gasteiger partial charge >= 0.3 is 0 Å². The van der Waals surface area contributed by atoms with Gasteiger partial charge in [0.05, 0.1) is 6.42 Å². The Balaban J connectivity index is 2.11. The van der Waals surface area contributed by atoms with Crippen LogP contribution in [0.2, 0.25) is 0 Å². The van der Waals surface area contributed by atoms with Gasteiger partial charge in [0.15, 0.2) is 5.58 Å². The summed E-state index contributed by atoms with van der Waals surface area (Å²) in [5, 5.41) is 8.62. The zero-order chi connectivity index (χ0) is 13.9. The molecular formula is C14H17BrN2O2. The quantitative estimate of drug-likeness (QED) is 0.860. The van der Waals surface area contributed by atoms with Gasteiger partial charge in [-0.3, -0.25) is 4.79 Å². The first kappa shape index (κ1) is 14.1. The number of benzene rings is 1. The molecule has 0 aliphatic rings. The first-order valence-electron chi connectivity index (χ1n) is 6.28. The molecule has 1 heterocycles. The van der Waals surface area contributed by atoms with Gasteiger partial charge in [-0.05, 0) is 25.5 Å². The molecule has 2 rings (SSSR count). The summed E-state index contributed by atoms with van der Waals surface area (Å²) < 4.78 is 5.19. The smallest absolute Gasteiger partial charge is 0.226 e. The van der Waals surface area contributed by atoms with Crippen molar-refractivity contribution in [1.82, 2.24) is 10.5 Å². The molecule has 1 N–H and O–H groups in total. The van der Waals surface area contributed by atoms with E-state index in [0.717, 1.165) is 17.1 Å². The van der Waals surface area contributed by atoms with E-state index >= 15 is 0 Å². The van der Waals surface area contributed by atoms with E-state index in [-0.39, 0.29) is 17.9 Å². The molecule has 1 unspecified atom stereocenters. The van der Waals surface area contributed by atoms with Crippen LogP contribution in [0.1, 0.15) is 26.0 Å². The fraction of sp³-hybridized carbons (Fsp3) is 0.429. The van der Waals surface area contributed by atoms with Crippen LogP contribution in [0.3, 0.4) is 0 Å².